The van der Waals surface area contributed by atoms with Gasteiger partial charge in [-0.2, -0.15) is 8.42 Å². The lowest BCUT2D eigenvalue weighted by Crippen LogP contribution is -2.41. The van der Waals surface area contributed by atoms with Gasteiger partial charge in [-0.3, -0.25) is 4.90 Å². The number of oxime groups is 1. The Kier molecular flexibility index (Phi) is 14.8. The van der Waals surface area contributed by atoms with Crippen molar-refractivity contribution in [3.63, 3.8) is 0 Å². The van der Waals surface area contributed by atoms with Gasteiger partial charge in [0.05, 0.1) is 19.8 Å². The Balaban J connectivity index is 0.00000400. The van der Waals surface area contributed by atoms with Gasteiger partial charge < -0.3 is 30.0 Å². The molecule has 1 saturated heterocycles. The molecule has 0 unspecified atom stereocenters. The second kappa shape index (κ2) is 16.7. The first-order valence-corrected chi connectivity index (χ1v) is 14.7. The average Bonchev–Trinajstić information content (AvgIpc) is 2.86. The van der Waals surface area contributed by atoms with Crippen molar-refractivity contribution in [1.29, 1.82) is 0 Å². The monoisotopic (exact) mass is 643 g/mol. The van der Waals surface area contributed by atoms with Crippen LogP contribution in [0.3, 0.4) is 0 Å². The van der Waals surface area contributed by atoms with E-state index in [1.54, 1.807) is 13.0 Å². The van der Waals surface area contributed by atoms with Crippen molar-refractivity contribution in [2.75, 3.05) is 52.6 Å². The Morgan fingerprint density at radius 1 is 1.00 bits per heavy atom. The Morgan fingerprint density at radius 3 is 2.33 bits per heavy atom. The minimum Gasteiger partial charge on any atom is -0.493 e. The van der Waals surface area contributed by atoms with Crippen LogP contribution in [0.25, 0.3) is 0 Å². The molecule has 17 heteroatoms. The summed E-state index contributed by atoms with van der Waals surface area (Å²) in [7, 11) is -8.64. The van der Waals surface area contributed by atoms with E-state index in [4.69, 9.17) is 30.0 Å². The fourth-order valence-electron chi connectivity index (χ4n) is 3.57. The predicted octanol–water partition coefficient (Wildman–Crippen LogP) is 1.19. The number of ether oxygens (including phenoxy) is 2. The zero-order valence-corrected chi connectivity index (χ0v) is 25.1. The van der Waals surface area contributed by atoms with Crippen LogP contribution in [-0.4, -0.2) is 80.3 Å². The zero-order chi connectivity index (χ0) is 27.6. The highest BCUT2D eigenvalue weighted by Gasteiger charge is 2.28. The topological polar surface area (TPSA) is 185 Å². The number of nitrogens with zero attached hydrogens (tertiary/aromatic N) is 2. The van der Waals surface area contributed by atoms with Crippen molar-refractivity contribution in [2.24, 2.45) is 16.6 Å². The van der Waals surface area contributed by atoms with Crippen LogP contribution in [0.2, 0.25) is 0 Å². The van der Waals surface area contributed by atoms with E-state index in [1.807, 2.05) is 0 Å². The number of aryl methyl sites for hydroxylation is 1. The summed E-state index contributed by atoms with van der Waals surface area (Å²) in [4.78, 5) is 6.07. The van der Waals surface area contributed by atoms with E-state index in [0.717, 1.165) is 0 Å². The summed E-state index contributed by atoms with van der Waals surface area (Å²) in [6.07, 6.45) is 0.461. The fourth-order valence-corrected chi connectivity index (χ4v) is 6.31. The molecular weight excluding hydrogens is 609 g/mol. The van der Waals surface area contributed by atoms with Gasteiger partial charge in [0.2, 0.25) is 16.0 Å². The highest BCUT2D eigenvalue weighted by molar-refractivity contribution is 7.91. The van der Waals surface area contributed by atoms with Crippen LogP contribution in [0, 0.1) is 6.92 Å². The van der Waals surface area contributed by atoms with Gasteiger partial charge in [0.1, 0.15) is 27.9 Å². The molecule has 0 atom stereocenters. The minimum atomic E-state index is -4.51. The van der Waals surface area contributed by atoms with Crippen LogP contribution in [0.4, 0.5) is 0 Å². The number of morpholine rings is 1. The highest BCUT2D eigenvalue weighted by Crippen LogP contribution is 2.28. The summed E-state index contributed by atoms with van der Waals surface area (Å²) in [5, 5.41) is 3.40. The van der Waals surface area contributed by atoms with E-state index in [-0.39, 0.29) is 56.3 Å². The summed E-state index contributed by atoms with van der Waals surface area (Å²) in [5.41, 5.74) is 11.0. The molecule has 5 N–H and O–H groups in total. The zero-order valence-electron chi connectivity index (χ0n) is 21.9. The SMILES string of the molecule is Cc1cc(OCCCON=C(N)N)cc(OS(=O)(=O)c2ccccc2S(=O)(=O)NCCN2CCOCC2)c1.Cl.Cl. The van der Waals surface area contributed by atoms with Crippen molar-refractivity contribution in [1.82, 2.24) is 9.62 Å². The minimum absolute atomic E-state index is 0. The maximum atomic E-state index is 13.2. The molecule has 0 aliphatic carbocycles. The van der Waals surface area contributed by atoms with E-state index >= 15 is 0 Å². The van der Waals surface area contributed by atoms with Crippen LogP contribution in [0.1, 0.15) is 12.0 Å². The molecule has 1 aliphatic rings. The van der Waals surface area contributed by atoms with Gasteiger partial charge in [-0.1, -0.05) is 12.1 Å². The number of nitrogens with two attached hydrogens (primary N) is 2. The summed E-state index contributed by atoms with van der Waals surface area (Å²) in [6.45, 7) is 5.37. The van der Waals surface area contributed by atoms with Crippen LogP contribution in [0.15, 0.2) is 57.4 Å². The van der Waals surface area contributed by atoms with Crippen LogP contribution < -0.4 is 25.1 Å². The molecule has 1 heterocycles. The fraction of sp³-hybridized carbons (Fsp3) is 0.435. The molecule has 226 valence electrons. The van der Waals surface area contributed by atoms with Crippen molar-refractivity contribution >= 4 is 50.9 Å². The summed E-state index contributed by atoms with van der Waals surface area (Å²) in [5.74, 6) is 0.151. The van der Waals surface area contributed by atoms with Gasteiger partial charge in [0.25, 0.3) is 0 Å². The van der Waals surface area contributed by atoms with Crippen LogP contribution in [-0.2, 0) is 29.7 Å². The third-order valence-corrected chi connectivity index (χ3v) is 8.24. The van der Waals surface area contributed by atoms with Crippen molar-refractivity contribution in [2.45, 2.75) is 23.1 Å². The maximum Gasteiger partial charge on any atom is 0.340 e. The van der Waals surface area contributed by atoms with Gasteiger partial charge in [-0.05, 0) is 41.9 Å². The van der Waals surface area contributed by atoms with Gasteiger partial charge in [0.15, 0.2) is 0 Å². The van der Waals surface area contributed by atoms with Crippen molar-refractivity contribution in [3.8, 4) is 11.5 Å². The molecule has 0 radical (unpaired) electrons. The summed E-state index contributed by atoms with van der Waals surface area (Å²) in [6, 6.07) is 9.90. The van der Waals surface area contributed by atoms with Gasteiger partial charge in [0, 0.05) is 38.7 Å². The van der Waals surface area contributed by atoms with E-state index in [9.17, 15) is 16.8 Å². The van der Waals surface area contributed by atoms with Gasteiger partial charge in [-0.15, -0.1) is 24.8 Å². The Bertz CT molecular complexity index is 1320. The Morgan fingerprint density at radius 2 is 1.65 bits per heavy atom. The Hall–Kier alpha value is -2.53. The van der Waals surface area contributed by atoms with Crippen molar-refractivity contribution in [3.05, 3.63) is 48.0 Å². The lowest BCUT2D eigenvalue weighted by Gasteiger charge is -2.26. The quantitative estimate of drug-likeness (QED) is 0.0882. The first-order chi connectivity index (χ1) is 18.1. The number of benzene rings is 2. The number of sulfonamides is 1. The number of guanidine groups is 1. The third-order valence-electron chi connectivity index (χ3n) is 5.28. The van der Waals surface area contributed by atoms with E-state index in [0.29, 0.717) is 50.6 Å². The van der Waals surface area contributed by atoms with Crippen molar-refractivity contribution < 1.29 is 35.3 Å². The van der Waals surface area contributed by atoms with Crippen LogP contribution in [0.5, 0.6) is 11.5 Å². The molecule has 0 amide bonds. The standard InChI is InChI=1S/C23H33N5O8S2.2ClH/c1-18-15-19(34-11-4-12-35-27-23(24)25)17-20(16-18)36-38(31,32)22-6-3-2-5-21(22)37(29,30)26-7-8-28-9-13-33-14-10-28;;/h2-3,5-6,15-17,26H,4,7-14H2,1H3,(H4,24,25,27);2*1H. The smallest absolute Gasteiger partial charge is 0.340 e. The molecule has 0 spiro atoms. The van der Waals surface area contributed by atoms with E-state index < -0.39 is 29.9 Å². The second-order valence-electron chi connectivity index (χ2n) is 8.37. The molecule has 3 rings (SSSR count). The summed E-state index contributed by atoms with van der Waals surface area (Å²) >= 11 is 0. The normalized spacial score (nSPS) is 13.8. The van der Waals surface area contributed by atoms with E-state index in [2.05, 4.69) is 14.8 Å². The molecule has 0 bridgehead atoms. The second-order valence-corrected chi connectivity index (χ2v) is 11.6. The number of hydrogen-bond acceptors (Lipinski definition) is 10. The summed E-state index contributed by atoms with van der Waals surface area (Å²) < 4.78 is 71.1. The molecule has 2 aromatic carbocycles. The molecular formula is C23H35Cl2N5O8S2. The number of rotatable bonds is 14. The molecule has 0 aromatic heterocycles. The van der Waals surface area contributed by atoms with Gasteiger partial charge in [-0.25, -0.2) is 13.1 Å². The first-order valence-electron chi connectivity index (χ1n) is 11.9. The lowest BCUT2D eigenvalue weighted by atomic mass is 10.2. The molecule has 1 fully saturated rings. The van der Waals surface area contributed by atoms with Crippen LogP contribution >= 0.6 is 24.8 Å². The average molecular weight is 645 g/mol. The Labute approximate surface area is 247 Å². The first kappa shape index (κ1) is 35.5. The highest BCUT2D eigenvalue weighted by atomic mass is 35.5. The third kappa shape index (κ3) is 11.2. The number of nitrogens with one attached hydrogen (secondary N) is 1. The number of halogens is 2. The number of hydrogen-bond donors (Lipinski definition) is 3. The molecule has 0 saturated carbocycles. The molecule has 2 aromatic rings. The lowest BCUT2D eigenvalue weighted by molar-refractivity contribution is 0.0390. The predicted molar refractivity (Wildman–Crippen MR) is 154 cm³/mol. The molecule has 40 heavy (non-hydrogen) atoms. The largest absolute Gasteiger partial charge is 0.493 e. The van der Waals surface area contributed by atoms with E-state index in [1.165, 1.54) is 36.4 Å². The maximum absolute atomic E-state index is 13.2. The molecule has 1 aliphatic heterocycles. The molecule has 13 nitrogen and oxygen atoms in total. The van der Waals surface area contributed by atoms with Gasteiger partial charge >= 0.3 is 10.1 Å².